The van der Waals surface area contributed by atoms with Gasteiger partial charge in [0.25, 0.3) is 11.3 Å². The first-order chi connectivity index (χ1) is 16.2. The highest BCUT2D eigenvalue weighted by atomic mass is 19.3. The largest absolute Gasteiger partial charge is 0.618 e. The Kier molecular flexibility index (Phi) is 6.22. The topological polar surface area (TPSA) is 103 Å². The van der Waals surface area contributed by atoms with Gasteiger partial charge in [-0.15, -0.1) is 0 Å². The lowest BCUT2D eigenvalue weighted by Crippen LogP contribution is -2.42. The van der Waals surface area contributed by atoms with E-state index in [1.54, 1.807) is 0 Å². The highest BCUT2D eigenvalue weighted by molar-refractivity contribution is 5.81. The Morgan fingerprint density at radius 2 is 2.06 bits per heavy atom. The summed E-state index contributed by atoms with van der Waals surface area (Å²) >= 11 is 0. The average molecular weight is 477 g/mol. The summed E-state index contributed by atoms with van der Waals surface area (Å²) in [4.78, 5) is 29.5. The number of hydrogen-bond donors (Lipinski definition) is 2. The van der Waals surface area contributed by atoms with Crippen LogP contribution >= 0.6 is 0 Å². The molecule has 1 aliphatic heterocycles. The summed E-state index contributed by atoms with van der Waals surface area (Å²) in [5, 5.41) is 16.4. The molecule has 12 heteroatoms. The van der Waals surface area contributed by atoms with Crippen molar-refractivity contribution >= 4 is 11.7 Å². The number of rotatable bonds is 7. The van der Waals surface area contributed by atoms with Crippen LogP contribution < -0.4 is 20.9 Å². The molecule has 2 N–H and O–H groups in total. The normalized spacial score (nSPS) is 15.1. The fourth-order valence-electron chi connectivity index (χ4n) is 3.79. The number of halogens is 4. The summed E-state index contributed by atoms with van der Waals surface area (Å²) in [7, 11) is 0. The standard InChI is InChI=1S/C22H19F4N5O3/c23-14-4-6-16(24)13(9-14)10-28-20(32)17-7-5-15-11-27-19(21(33)31(15)17)29-12-22(25,26)18-3-1-2-8-30(18)34/h1-4,6,8-9,11,17H,5,7,10,12H2,(H,27,29)(H,28,32)/t17-/m0/s1. The summed E-state index contributed by atoms with van der Waals surface area (Å²) in [6.45, 7) is -1.37. The molecule has 0 spiro atoms. The van der Waals surface area contributed by atoms with Crippen molar-refractivity contribution in [2.24, 2.45) is 0 Å². The summed E-state index contributed by atoms with van der Waals surface area (Å²) in [5.41, 5.74) is -1.22. The van der Waals surface area contributed by atoms with E-state index in [0.29, 0.717) is 12.1 Å². The molecular formula is C22H19F4N5O3. The molecule has 2 aromatic heterocycles. The Morgan fingerprint density at radius 1 is 1.26 bits per heavy atom. The van der Waals surface area contributed by atoms with E-state index in [2.05, 4.69) is 15.6 Å². The zero-order valence-electron chi connectivity index (χ0n) is 17.6. The van der Waals surface area contributed by atoms with E-state index in [0.717, 1.165) is 35.0 Å². The van der Waals surface area contributed by atoms with Crippen molar-refractivity contribution in [3.63, 3.8) is 0 Å². The van der Waals surface area contributed by atoms with Crippen LogP contribution in [0.3, 0.4) is 0 Å². The monoisotopic (exact) mass is 477 g/mol. The molecule has 0 radical (unpaired) electrons. The van der Waals surface area contributed by atoms with E-state index in [9.17, 15) is 32.4 Å². The lowest BCUT2D eigenvalue weighted by molar-refractivity contribution is -0.624. The molecule has 0 saturated carbocycles. The van der Waals surface area contributed by atoms with Crippen LogP contribution in [0.1, 0.15) is 29.4 Å². The molecule has 3 heterocycles. The first kappa shape index (κ1) is 23.2. The highest BCUT2D eigenvalue weighted by Crippen LogP contribution is 2.27. The number of aromatic nitrogens is 3. The summed E-state index contributed by atoms with van der Waals surface area (Å²) < 4.78 is 57.3. The van der Waals surface area contributed by atoms with Crippen LogP contribution in [0.4, 0.5) is 23.4 Å². The number of pyridine rings is 1. The maximum atomic E-state index is 14.5. The second kappa shape index (κ2) is 9.12. The zero-order valence-corrected chi connectivity index (χ0v) is 17.6. The predicted octanol–water partition coefficient (Wildman–Crippen LogP) is 2.16. The molecule has 0 saturated heterocycles. The number of benzene rings is 1. The lowest BCUT2D eigenvalue weighted by Gasteiger charge is -2.18. The van der Waals surface area contributed by atoms with Gasteiger partial charge in [-0.05, 0) is 37.1 Å². The Balaban J connectivity index is 1.50. The minimum atomic E-state index is -3.60. The van der Waals surface area contributed by atoms with Crippen molar-refractivity contribution < 1.29 is 27.1 Å². The smallest absolute Gasteiger partial charge is 0.347 e. The van der Waals surface area contributed by atoms with Crippen molar-refractivity contribution in [3.8, 4) is 0 Å². The number of anilines is 1. The number of carbonyl (C=O) groups excluding carboxylic acids is 1. The number of amides is 1. The van der Waals surface area contributed by atoms with Gasteiger partial charge in [0.05, 0.1) is 6.54 Å². The Labute approximate surface area is 190 Å². The van der Waals surface area contributed by atoms with Crippen molar-refractivity contribution in [1.29, 1.82) is 0 Å². The first-order valence-electron chi connectivity index (χ1n) is 10.3. The molecular weight excluding hydrogens is 458 g/mol. The number of hydrogen-bond acceptors (Lipinski definition) is 5. The number of aryl methyl sites for hydroxylation is 1. The van der Waals surface area contributed by atoms with Crippen LogP contribution in [-0.4, -0.2) is 22.0 Å². The summed E-state index contributed by atoms with van der Waals surface area (Å²) in [6, 6.07) is 5.44. The van der Waals surface area contributed by atoms with Crippen LogP contribution in [0.25, 0.3) is 0 Å². The Morgan fingerprint density at radius 3 is 2.82 bits per heavy atom. The van der Waals surface area contributed by atoms with Crippen LogP contribution in [0, 0.1) is 16.8 Å². The number of carbonyl (C=O) groups is 1. The molecule has 34 heavy (non-hydrogen) atoms. The van der Waals surface area contributed by atoms with Crippen LogP contribution in [0.15, 0.2) is 53.6 Å². The summed E-state index contributed by atoms with van der Waals surface area (Å²) in [5.74, 6) is -5.98. The molecule has 1 amide bonds. The maximum absolute atomic E-state index is 14.5. The van der Waals surface area contributed by atoms with Gasteiger partial charge < -0.3 is 15.8 Å². The van der Waals surface area contributed by atoms with Crippen LogP contribution in [0.5, 0.6) is 0 Å². The van der Waals surface area contributed by atoms with E-state index in [-0.39, 0.29) is 23.3 Å². The minimum Gasteiger partial charge on any atom is -0.618 e. The Bertz CT molecular complexity index is 1300. The quantitative estimate of drug-likeness (QED) is 0.309. The van der Waals surface area contributed by atoms with Crippen LogP contribution in [-0.2, 0) is 23.7 Å². The molecule has 1 aromatic carbocycles. The molecule has 3 aromatic rings. The van der Waals surface area contributed by atoms with E-state index in [1.165, 1.54) is 18.3 Å². The SMILES string of the molecule is O=C(NCc1cc(F)ccc1F)[C@@H]1CCc2cnc(NCC(F)(F)c3cccc[n+]3[O-])c(=O)n21. The van der Waals surface area contributed by atoms with Crippen molar-refractivity contribution in [2.75, 3.05) is 11.9 Å². The van der Waals surface area contributed by atoms with Crippen LogP contribution in [0.2, 0.25) is 0 Å². The molecule has 8 nitrogen and oxygen atoms in total. The third-order valence-corrected chi connectivity index (χ3v) is 5.50. The lowest BCUT2D eigenvalue weighted by atomic mass is 10.1. The fraction of sp³-hybridized carbons (Fsp3) is 0.273. The molecule has 0 bridgehead atoms. The molecule has 1 aliphatic rings. The van der Waals surface area contributed by atoms with E-state index in [4.69, 9.17) is 0 Å². The molecule has 4 rings (SSSR count). The first-order valence-corrected chi connectivity index (χ1v) is 10.3. The van der Waals surface area contributed by atoms with E-state index in [1.807, 2.05) is 0 Å². The average Bonchev–Trinajstić information content (AvgIpc) is 3.24. The Hall–Kier alpha value is -3.96. The zero-order chi connectivity index (χ0) is 24.5. The molecule has 0 unspecified atom stereocenters. The highest BCUT2D eigenvalue weighted by Gasteiger charge is 2.40. The van der Waals surface area contributed by atoms with Crippen molar-refractivity contribution in [1.82, 2.24) is 14.9 Å². The van der Waals surface area contributed by atoms with Gasteiger partial charge in [0.2, 0.25) is 5.91 Å². The number of nitrogens with one attached hydrogen (secondary N) is 2. The van der Waals surface area contributed by atoms with Crippen molar-refractivity contribution in [2.45, 2.75) is 31.4 Å². The summed E-state index contributed by atoms with van der Waals surface area (Å²) in [6.07, 6.45) is 2.82. The van der Waals surface area contributed by atoms with E-state index < -0.39 is 53.1 Å². The maximum Gasteiger partial charge on any atom is 0.347 e. The molecule has 178 valence electrons. The van der Waals surface area contributed by atoms with Crippen molar-refractivity contribution in [3.05, 3.63) is 92.9 Å². The third kappa shape index (κ3) is 4.56. The van der Waals surface area contributed by atoms with Gasteiger partial charge in [-0.1, -0.05) is 0 Å². The molecule has 1 atom stereocenters. The molecule has 0 aliphatic carbocycles. The number of alkyl halides is 2. The van der Waals surface area contributed by atoms with E-state index >= 15 is 0 Å². The predicted molar refractivity (Wildman–Crippen MR) is 112 cm³/mol. The van der Waals surface area contributed by atoms with Gasteiger partial charge in [0.15, 0.2) is 12.0 Å². The number of fused-ring (bicyclic) bond motifs is 1. The third-order valence-electron chi connectivity index (χ3n) is 5.50. The second-order valence-corrected chi connectivity index (χ2v) is 7.75. The van der Waals surface area contributed by atoms with Gasteiger partial charge in [-0.3, -0.25) is 14.2 Å². The fourth-order valence-corrected chi connectivity index (χ4v) is 3.79. The van der Waals surface area contributed by atoms with Gasteiger partial charge in [0.1, 0.15) is 17.7 Å². The number of nitrogens with zero attached hydrogens (tertiary/aromatic N) is 3. The minimum absolute atomic E-state index is 0.0342. The van der Waals surface area contributed by atoms with Gasteiger partial charge >= 0.3 is 5.92 Å². The molecule has 0 fully saturated rings. The van der Waals surface area contributed by atoms with Gasteiger partial charge in [-0.25, -0.2) is 13.8 Å². The second-order valence-electron chi connectivity index (χ2n) is 7.75. The van der Waals surface area contributed by atoms with Gasteiger partial charge in [0, 0.05) is 36.1 Å². The van der Waals surface area contributed by atoms with Gasteiger partial charge in [-0.2, -0.15) is 13.5 Å².